The molecule has 2 aromatic carbocycles. The quantitative estimate of drug-likeness (QED) is 0.740. The first-order valence-corrected chi connectivity index (χ1v) is 9.29. The van der Waals surface area contributed by atoms with Crippen molar-refractivity contribution in [3.8, 4) is 5.75 Å². The Morgan fingerprint density at radius 1 is 0.960 bits per heavy atom. The number of benzene rings is 2. The first kappa shape index (κ1) is 18.3. The highest BCUT2D eigenvalue weighted by molar-refractivity contribution is 5.85. The van der Waals surface area contributed by atoms with E-state index in [-0.39, 0.29) is 12.4 Å². The molecule has 0 aliphatic carbocycles. The van der Waals surface area contributed by atoms with Gasteiger partial charge in [0.2, 0.25) is 0 Å². The molecule has 2 aliphatic rings. The summed E-state index contributed by atoms with van der Waals surface area (Å²) in [7, 11) is 1.76. The fourth-order valence-corrected chi connectivity index (χ4v) is 4.78. The molecule has 0 spiro atoms. The molecule has 4 rings (SSSR count). The Balaban J connectivity index is 0.00000182. The van der Waals surface area contributed by atoms with E-state index in [2.05, 4.69) is 59.5 Å². The van der Waals surface area contributed by atoms with Crippen molar-refractivity contribution in [1.29, 1.82) is 0 Å². The number of rotatable bonds is 5. The van der Waals surface area contributed by atoms with E-state index in [0.717, 1.165) is 11.8 Å². The lowest BCUT2D eigenvalue weighted by atomic mass is 9.84. The molecule has 0 aromatic heterocycles. The van der Waals surface area contributed by atoms with Gasteiger partial charge in [0.25, 0.3) is 0 Å². The summed E-state index contributed by atoms with van der Waals surface area (Å²) in [5.41, 5.74) is 2.92. The molecule has 2 bridgehead atoms. The van der Waals surface area contributed by atoms with Crippen molar-refractivity contribution in [2.45, 2.75) is 50.1 Å². The molecule has 2 fully saturated rings. The highest BCUT2D eigenvalue weighted by Crippen LogP contribution is 2.44. The van der Waals surface area contributed by atoms with Gasteiger partial charge in [-0.15, -0.1) is 12.4 Å². The monoisotopic (exact) mass is 357 g/mol. The lowest BCUT2D eigenvalue weighted by Crippen LogP contribution is -2.44. The lowest BCUT2D eigenvalue weighted by molar-refractivity contribution is 0.123. The maximum Gasteiger partial charge on any atom is 0.119 e. The summed E-state index contributed by atoms with van der Waals surface area (Å²) in [6.07, 6.45) is 6.55. The smallest absolute Gasteiger partial charge is 0.119 e. The van der Waals surface area contributed by atoms with E-state index in [0.29, 0.717) is 12.0 Å². The van der Waals surface area contributed by atoms with Crippen molar-refractivity contribution in [3.05, 3.63) is 65.7 Å². The fourth-order valence-electron chi connectivity index (χ4n) is 4.78. The summed E-state index contributed by atoms with van der Waals surface area (Å²) in [5, 5.41) is 0. The molecule has 25 heavy (non-hydrogen) atoms. The molecular formula is C22H28ClNO. The molecule has 0 amide bonds. The van der Waals surface area contributed by atoms with Crippen LogP contribution in [0.1, 0.15) is 42.7 Å². The number of fused-ring (bicyclic) bond motifs is 2. The molecule has 0 N–H and O–H groups in total. The summed E-state index contributed by atoms with van der Waals surface area (Å²) in [6, 6.07) is 21.2. The minimum atomic E-state index is 0. The van der Waals surface area contributed by atoms with Gasteiger partial charge in [-0.2, -0.15) is 0 Å². The van der Waals surface area contributed by atoms with Gasteiger partial charge < -0.3 is 4.74 Å². The number of piperidine rings is 1. The van der Waals surface area contributed by atoms with Crippen LogP contribution in [-0.2, 0) is 6.42 Å². The molecule has 3 atom stereocenters. The normalized spacial score (nSPS) is 25.4. The number of halogens is 1. The van der Waals surface area contributed by atoms with Crippen molar-refractivity contribution in [3.63, 3.8) is 0 Å². The van der Waals surface area contributed by atoms with Crippen LogP contribution in [0, 0.1) is 0 Å². The predicted octanol–water partition coefficient (Wildman–Crippen LogP) is 5.07. The third kappa shape index (κ3) is 3.86. The summed E-state index contributed by atoms with van der Waals surface area (Å²) in [4.78, 5) is 2.81. The Morgan fingerprint density at radius 3 is 2.56 bits per heavy atom. The average Bonchev–Trinajstić information content (AvgIpc) is 2.91. The van der Waals surface area contributed by atoms with Gasteiger partial charge >= 0.3 is 0 Å². The lowest BCUT2D eigenvalue weighted by Gasteiger charge is -2.40. The Morgan fingerprint density at radius 2 is 1.76 bits per heavy atom. The van der Waals surface area contributed by atoms with E-state index >= 15 is 0 Å². The molecule has 3 unspecified atom stereocenters. The topological polar surface area (TPSA) is 12.5 Å². The largest absolute Gasteiger partial charge is 0.497 e. The predicted molar refractivity (Wildman–Crippen MR) is 106 cm³/mol. The molecule has 3 heteroatoms. The van der Waals surface area contributed by atoms with Gasteiger partial charge in [0.1, 0.15) is 5.75 Å². The molecule has 134 valence electrons. The molecule has 2 aliphatic heterocycles. The van der Waals surface area contributed by atoms with Crippen molar-refractivity contribution in [1.82, 2.24) is 4.90 Å². The van der Waals surface area contributed by atoms with Crippen LogP contribution in [-0.4, -0.2) is 30.6 Å². The Kier molecular flexibility index (Phi) is 6.03. The van der Waals surface area contributed by atoms with Crippen LogP contribution in [0.5, 0.6) is 5.75 Å². The van der Waals surface area contributed by atoms with Gasteiger partial charge in [0.15, 0.2) is 0 Å². The van der Waals surface area contributed by atoms with E-state index in [9.17, 15) is 0 Å². The van der Waals surface area contributed by atoms with E-state index in [1.807, 2.05) is 0 Å². The van der Waals surface area contributed by atoms with Crippen LogP contribution >= 0.6 is 12.4 Å². The summed E-state index contributed by atoms with van der Waals surface area (Å²) >= 11 is 0. The second kappa shape index (κ2) is 8.25. The molecule has 0 saturated carbocycles. The van der Waals surface area contributed by atoms with Gasteiger partial charge in [-0.1, -0.05) is 42.5 Å². The van der Waals surface area contributed by atoms with Crippen LogP contribution in [0.25, 0.3) is 0 Å². The second-order valence-electron chi connectivity index (χ2n) is 7.23. The van der Waals surface area contributed by atoms with Gasteiger partial charge in [-0.25, -0.2) is 0 Å². The van der Waals surface area contributed by atoms with Crippen LogP contribution in [0.3, 0.4) is 0 Å². The van der Waals surface area contributed by atoms with Crippen molar-refractivity contribution in [2.24, 2.45) is 0 Å². The van der Waals surface area contributed by atoms with E-state index in [1.54, 1.807) is 7.11 Å². The zero-order valence-corrected chi connectivity index (χ0v) is 15.8. The number of nitrogens with zero attached hydrogens (tertiary/aromatic N) is 1. The molecular weight excluding hydrogens is 330 g/mol. The second-order valence-corrected chi connectivity index (χ2v) is 7.23. The van der Waals surface area contributed by atoms with Crippen LogP contribution in [0.2, 0.25) is 0 Å². The minimum absolute atomic E-state index is 0. The number of hydrogen-bond acceptors (Lipinski definition) is 2. The zero-order valence-electron chi connectivity index (χ0n) is 14.9. The first-order valence-electron chi connectivity index (χ1n) is 9.29. The van der Waals surface area contributed by atoms with Crippen molar-refractivity contribution < 1.29 is 4.74 Å². The third-order valence-electron chi connectivity index (χ3n) is 5.99. The number of ether oxygens (including phenoxy) is 1. The van der Waals surface area contributed by atoms with E-state index in [1.165, 1.54) is 49.8 Å². The molecule has 2 aromatic rings. The van der Waals surface area contributed by atoms with E-state index < -0.39 is 0 Å². The molecule has 2 saturated heterocycles. The Bertz CT molecular complexity index is 675. The van der Waals surface area contributed by atoms with Crippen LogP contribution in [0.4, 0.5) is 0 Å². The third-order valence-corrected chi connectivity index (χ3v) is 5.99. The van der Waals surface area contributed by atoms with E-state index in [4.69, 9.17) is 4.74 Å². The van der Waals surface area contributed by atoms with Gasteiger partial charge in [0, 0.05) is 18.6 Å². The minimum Gasteiger partial charge on any atom is -0.497 e. The Hall–Kier alpha value is -1.51. The molecule has 2 nitrogen and oxygen atoms in total. The fraction of sp³-hybridized carbons (Fsp3) is 0.455. The highest BCUT2D eigenvalue weighted by atomic mass is 35.5. The number of methoxy groups -OCH3 is 1. The molecule has 2 heterocycles. The van der Waals surface area contributed by atoms with Crippen molar-refractivity contribution >= 4 is 12.4 Å². The van der Waals surface area contributed by atoms with Crippen LogP contribution < -0.4 is 4.74 Å². The van der Waals surface area contributed by atoms with Crippen LogP contribution in [0.15, 0.2) is 54.6 Å². The summed E-state index contributed by atoms with van der Waals surface area (Å²) < 4.78 is 5.44. The summed E-state index contributed by atoms with van der Waals surface area (Å²) in [5.74, 6) is 1.65. The SMILES string of the molecule is COc1cccc(C2CCC3CCC2N3CCc2ccccc2)c1.Cl. The summed E-state index contributed by atoms with van der Waals surface area (Å²) in [6.45, 7) is 1.19. The van der Waals surface area contributed by atoms with Gasteiger partial charge in [0.05, 0.1) is 7.11 Å². The number of hydrogen-bond donors (Lipinski definition) is 0. The van der Waals surface area contributed by atoms with Crippen molar-refractivity contribution in [2.75, 3.05) is 13.7 Å². The molecule has 0 radical (unpaired) electrons. The average molecular weight is 358 g/mol. The highest BCUT2D eigenvalue weighted by Gasteiger charge is 2.42. The first-order chi connectivity index (χ1) is 11.8. The maximum atomic E-state index is 5.44. The van der Waals surface area contributed by atoms with Gasteiger partial charge in [-0.05, 0) is 61.3 Å². The standard InChI is InChI=1S/C22H27NO.ClH/c1-24-20-9-5-8-18(16-20)21-12-10-19-11-13-22(21)23(19)15-14-17-6-3-2-4-7-17;/h2-9,16,19,21-22H,10-15H2,1H3;1H. The zero-order chi connectivity index (χ0) is 16.4. The van der Waals surface area contributed by atoms with Gasteiger partial charge in [-0.3, -0.25) is 4.90 Å². The maximum absolute atomic E-state index is 5.44. The Labute approximate surface area is 157 Å².